The van der Waals surface area contributed by atoms with Gasteiger partial charge in [0.2, 0.25) is 0 Å². The number of carbonyl (C=O) groups is 1. The number of carboxylic acids is 1. The summed E-state index contributed by atoms with van der Waals surface area (Å²) in [6, 6.07) is 7.53. The zero-order valence-corrected chi connectivity index (χ0v) is 8.99. The van der Waals surface area contributed by atoms with Crippen molar-refractivity contribution in [3.8, 4) is 0 Å². The first kappa shape index (κ1) is 9.46. The smallest absolute Gasteiger partial charge is 0.325 e. The normalized spacial score (nSPS) is 24.4. The molecule has 1 aromatic rings. The van der Waals surface area contributed by atoms with Crippen molar-refractivity contribution in [2.45, 2.75) is 10.7 Å². The van der Waals surface area contributed by atoms with E-state index in [9.17, 15) is 4.79 Å². The molecule has 0 amide bonds. The molecule has 2 rings (SSSR count). The molecule has 1 atom stereocenters. The molecule has 1 aliphatic carbocycles. The van der Waals surface area contributed by atoms with Crippen LogP contribution in [0, 0.1) is 0 Å². The van der Waals surface area contributed by atoms with E-state index in [-0.39, 0.29) is 0 Å². The second-order valence-electron chi connectivity index (χ2n) is 3.30. The lowest BCUT2D eigenvalue weighted by Crippen LogP contribution is -2.30. The summed E-state index contributed by atoms with van der Waals surface area (Å²) < 4.78 is -0.946. The Hall–Kier alpha value is -1.09. The molecule has 0 saturated heterocycles. The molecule has 14 heavy (non-hydrogen) atoms. The third-order valence-electron chi connectivity index (χ3n) is 2.42. The summed E-state index contributed by atoms with van der Waals surface area (Å²) in [5, 5.41) is 9.16. The van der Waals surface area contributed by atoms with Gasteiger partial charge in [-0.1, -0.05) is 52.3 Å². The Morgan fingerprint density at radius 1 is 1.43 bits per heavy atom. The van der Waals surface area contributed by atoms with Gasteiger partial charge in [-0.3, -0.25) is 4.79 Å². The van der Waals surface area contributed by atoms with Gasteiger partial charge in [-0.2, -0.15) is 0 Å². The number of aliphatic carboxylic acids is 1. The topological polar surface area (TPSA) is 37.3 Å². The molecule has 3 heteroatoms. The van der Waals surface area contributed by atoms with Crippen LogP contribution in [0.15, 0.2) is 30.3 Å². The Balaban J connectivity index is 2.61. The fraction of sp³-hybridized carbons (Fsp3) is 0.182. The lowest BCUT2D eigenvalue weighted by atomic mass is 9.87. The molecule has 0 aromatic heterocycles. The molecule has 0 aliphatic heterocycles. The number of carboxylic acid groups (broad SMARTS) is 1. The standard InChI is InChI=1S/C11H9BrO2/c12-11(10(13)14)7-3-5-8-4-1-2-6-9(8)11/h1-6H,7H2,(H,13,14). The molecule has 0 heterocycles. The van der Waals surface area contributed by atoms with Gasteiger partial charge in [-0.05, 0) is 17.5 Å². The van der Waals surface area contributed by atoms with E-state index in [1.165, 1.54) is 0 Å². The van der Waals surface area contributed by atoms with Crippen LogP contribution in [0.2, 0.25) is 0 Å². The first-order valence-corrected chi connectivity index (χ1v) is 5.12. The van der Waals surface area contributed by atoms with Gasteiger partial charge in [0.05, 0.1) is 0 Å². The molecule has 2 nitrogen and oxygen atoms in total. The quantitative estimate of drug-likeness (QED) is 0.781. The summed E-state index contributed by atoms with van der Waals surface area (Å²) in [4.78, 5) is 11.2. The minimum atomic E-state index is -0.946. The number of hydrogen-bond acceptors (Lipinski definition) is 1. The fourth-order valence-corrected chi connectivity index (χ4v) is 2.21. The van der Waals surface area contributed by atoms with Crippen LogP contribution in [0.5, 0.6) is 0 Å². The van der Waals surface area contributed by atoms with Crippen molar-refractivity contribution in [3.63, 3.8) is 0 Å². The SMILES string of the molecule is O=C(O)C1(Br)CC=Cc2ccccc21. The maximum atomic E-state index is 11.2. The van der Waals surface area contributed by atoms with Gasteiger partial charge in [-0.25, -0.2) is 0 Å². The minimum absolute atomic E-state index is 0.485. The van der Waals surface area contributed by atoms with Crippen LogP contribution in [-0.4, -0.2) is 11.1 Å². The predicted molar refractivity (Wildman–Crippen MR) is 58.3 cm³/mol. The van der Waals surface area contributed by atoms with Crippen molar-refractivity contribution in [3.05, 3.63) is 41.5 Å². The van der Waals surface area contributed by atoms with Gasteiger partial charge in [0.25, 0.3) is 0 Å². The van der Waals surface area contributed by atoms with Gasteiger partial charge in [0, 0.05) is 0 Å². The van der Waals surface area contributed by atoms with Crippen LogP contribution in [0.25, 0.3) is 6.08 Å². The minimum Gasteiger partial charge on any atom is -0.480 e. The summed E-state index contributed by atoms with van der Waals surface area (Å²) in [6.45, 7) is 0. The molecular formula is C11H9BrO2. The number of rotatable bonds is 1. The zero-order valence-electron chi connectivity index (χ0n) is 7.40. The molecule has 0 radical (unpaired) electrons. The van der Waals surface area contributed by atoms with Crippen LogP contribution in [0.1, 0.15) is 17.5 Å². The Bertz CT molecular complexity index is 412. The largest absolute Gasteiger partial charge is 0.480 e. The first-order valence-electron chi connectivity index (χ1n) is 4.33. The van der Waals surface area contributed by atoms with Gasteiger partial charge >= 0.3 is 5.97 Å². The Labute approximate surface area is 90.4 Å². The van der Waals surface area contributed by atoms with E-state index < -0.39 is 10.3 Å². The number of benzene rings is 1. The van der Waals surface area contributed by atoms with Crippen molar-refractivity contribution in [1.29, 1.82) is 0 Å². The summed E-state index contributed by atoms with van der Waals surface area (Å²) in [6.07, 6.45) is 4.32. The number of hydrogen-bond donors (Lipinski definition) is 1. The molecular weight excluding hydrogens is 244 g/mol. The van der Waals surface area contributed by atoms with Crippen molar-refractivity contribution >= 4 is 28.0 Å². The average molecular weight is 253 g/mol. The van der Waals surface area contributed by atoms with E-state index in [1.807, 2.05) is 36.4 Å². The lowest BCUT2D eigenvalue weighted by Gasteiger charge is -2.26. The summed E-state index contributed by atoms with van der Waals surface area (Å²) >= 11 is 3.31. The lowest BCUT2D eigenvalue weighted by molar-refractivity contribution is -0.139. The maximum absolute atomic E-state index is 11.2. The van der Waals surface area contributed by atoms with Crippen molar-refractivity contribution in [2.75, 3.05) is 0 Å². The second kappa shape index (κ2) is 3.24. The van der Waals surface area contributed by atoms with Crippen LogP contribution in [-0.2, 0) is 9.12 Å². The molecule has 1 aromatic carbocycles. The third kappa shape index (κ3) is 1.28. The number of fused-ring (bicyclic) bond motifs is 1. The highest BCUT2D eigenvalue weighted by Gasteiger charge is 2.39. The average Bonchev–Trinajstić information content (AvgIpc) is 2.18. The highest BCUT2D eigenvalue weighted by Crippen LogP contribution is 2.41. The van der Waals surface area contributed by atoms with Crippen LogP contribution >= 0.6 is 15.9 Å². The van der Waals surface area contributed by atoms with E-state index in [2.05, 4.69) is 15.9 Å². The van der Waals surface area contributed by atoms with Gasteiger partial charge in [0.1, 0.15) is 0 Å². The predicted octanol–water partition coefficient (Wildman–Crippen LogP) is 2.78. The van der Waals surface area contributed by atoms with Crippen molar-refractivity contribution in [2.24, 2.45) is 0 Å². The summed E-state index contributed by atoms with van der Waals surface area (Å²) in [5.41, 5.74) is 1.80. The molecule has 1 aliphatic rings. The van der Waals surface area contributed by atoms with Crippen LogP contribution in [0.4, 0.5) is 0 Å². The Kier molecular flexibility index (Phi) is 2.19. The highest BCUT2D eigenvalue weighted by molar-refractivity contribution is 9.10. The van der Waals surface area contributed by atoms with Gasteiger partial charge in [0.15, 0.2) is 4.32 Å². The number of halogens is 1. The van der Waals surface area contributed by atoms with Crippen LogP contribution < -0.4 is 0 Å². The summed E-state index contributed by atoms with van der Waals surface area (Å²) in [7, 11) is 0. The number of alkyl halides is 1. The van der Waals surface area contributed by atoms with Gasteiger partial charge in [-0.15, -0.1) is 0 Å². The monoisotopic (exact) mass is 252 g/mol. The van der Waals surface area contributed by atoms with E-state index in [1.54, 1.807) is 0 Å². The van der Waals surface area contributed by atoms with E-state index in [4.69, 9.17) is 5.11 Å². The molecule has 0 saturated carbocycles. The maximum Gasteiger partial charge on any atom is 0.325 e. The first-order chi connectivity index (χ1) is 6.64. The molecule has 0 bridgehead atoms. The van der Waals surface area contributed by atoms with E-state index in [0.29, 0.717) is 6.42 Å². The van der Waals surface area contributed by atoms with Crippen LogP contribution in [0.3, 0.4) is 0 Å². The second-order valence-corrected chi connectivity index (χ2v) is 4.65. The van der Waals surface area contributed by atoms with E-state index in [0.717, 1.165) is 11.1 Å². The molecule has 1 N–H and O–H groups in total. The molecule has 0 spiro atoms. The molecule has 1 unspecified atom stereocenters. The Morgan fingerprint density at radius 3 is 2.86 bits per heavy atom. The van der Waals surface area contributed by atoms with Crippen molar-refractivity contribution < 1.29 is 9.90 Å². The van der Waals surface area contributed by atoms with Gasteiger partial charge < -0.3 is 5.11 Å². The fourth-order valence-electron chi connectivity index (χ4n) is 1.66. The Morgan fingerprint density at radius 2 is 2.14 bits per heavy atom. The number of allylic oxidation sites excluding steroid dienone is 1. The third-order valence-corrected chi connectivity index (χ3v) is 3.51. The molecule has 0 fully saturated rings. The zero-order chi connectivity index (χ0) is 10.2. The molecule has 72 valence electrons. The highest BCUT2D eigenvalue weighted by atomic mass is 79.9. The van der Waals surface area contributed by atoms with Crippen molar-refractivity contribution in [1.82, 2.24) is 0 Å². The summed E-state index contributed by atoms with van der Waals surface area (Å²) in [5.74, 6) is -0.839. The van der Waals surface area contributed by atoms with E-state index >= 15 is 0 Å².